The number of methoxy groups -OCH3 is 2. The van der Waals surface area contributed by atoms with E-state index in [1.807, 2.05) is 48.6 Å². The lowest BCUT2D eigenvalue weighted by Gasteiger charge is -2.15. The first-order chi connectivity index (χ1) is 11.2. The molecular formula is C20H22O3. The summed E-state index contributed by atoms with van der Waals surface area (Å²) in [4.78, 5) is 0. The van der Waals surface area contributed by atoms with E-state index in [0.717, 1.165) is 34.1 Å². The molecule has 0 bridgehead atoms. The van der Waals surface area contributed by atoms with Crippen LogP contribution in [0.5, 0.6) is 23.0 Å². The minimum absolute atomic E-state index is 0.708. The molecule has 0 aromatic heterocycles. The zero-order valence-corrected chi connectivity index (χ0v) is 13.7. The third kappa shape index (κ3) is 4.16. The molecule has 3 nitrogen and oxygen atoms in total. The maximum Gasteiger partial charge on any atom is 0.131 e. The first kappa shape index (κ1) is 16.7. The smallest absolute Gasteiger partial charge is 0.131 e. The van der Waals surface area contributed by atoms with Gasteiger partial charge in [-0.1, -0.05) is 12.2 Å². The zero-order valence-electron chi connectivity index (χ0n) is 13.7. The molecule has 0 atom stereocenters. The van der Waals surface area contributed by atoms with Crippen molar-refractivity contribution in [2.24, 2.45) is 0 Å². The Labute approximate surface area is 137 Å². The first-order valence-corrected chi connectivity index (χ1v) is 7.45. The summed E-state index contributed by atoms with van der Waals surface area (Å²) >= 11 is 0. The molecule has 0 fully saturated rings. The molecule has 2 aromatic carbocycles. The molecule has 3 heteroatoms. The van der Waals surface area contributed by atoms with E-state index in [2.05, 4.69) is 13.2 Å². The van der Waals surface area contributed by atoms with Crippen LogP contribution < -0.4 is 14.2 Å². The quantitative estimate of drug-likeness (QED) is 0.645. The van der Waals surface area contributed by atoms with Gasteiger partial charge in [0.1, 0.15) is 23.0 Å². The highest BCUT2D eigenvalue weighted by molar-refractivity contribution is 5.47. The lowest BCUT2D eigenvalue weighted by Crippen LogP contribution is -1.96. The van der Waals surface area contributed by atoms with Crippen LogP contribution in [0.2, 0.25) is 0 Å². The number of hydrogen-bond donors (Lipinski definition) is 0. The van der Waals surface area contributed by atoms with Crippen molar-refractivity contribution in [2.75, 3.05) is 14.2 Å². The Balaban J connectivity index is 2.37. The van der Waals surface area contributed by atoms with Crippen molar-refractivity contribution < 1.29 is 14.2 Å². The van der Waals surface area contributed by atoms with Gasteiger partial charge in [-0.25, -0.2) is 0 Å². The molecule has 0 aliphatic heterocycles. The van der Waals surface area contributed by atoms with Gasteiger partial charge < -0.3 is 14.2 Å². The third-order valence-electron chi connectivity index (χ3n) is 3.48. The Morgan fingerprint density at radius 3 is 1.57 bits per heavy atom. The van der Waals surface area contributed by atoms with Crippen molar-refractivity contribution in [1.29, 1.82) is 0 Å². The third-order valence-corrected chi connectivity index (χ3v) is 3.48. The molecule has 0 radical (unpaired) electrons. The van der Waals surface area contributed by atoms with Gasteiger partial charge in [0.05, 0.1) is 14.2 Å². The minimum atomic E-state index is 0.708. The van der Waals surface area contributed by atoms with Crippen LogP contribution in [-0.2, 0) is 12.8 Å². The van der Waals surface area contributed by atoms with E-state index >= 15 is 0 Å². The summed E-state index contributed by atoms with van der Waals surface area (Å²) in [6.45, 7) is 7.61. The van der Waals surface area contributed by atoms with Gasteiger partial charge in [-0.3, -0.25) is 0 Å². The predicted molar refractivity (Wildman–Crippen MR) is 93.9 cm³/mol. The van der Waals surface area contributed by atoms with E-state index < -0.39 is 0 Å². The topological polar surface area (TPSA) is 27.7 Å². The summed E-state index contributed by atoms with van der Waals surface area (Å²) < 4.78 is 16.7. The van der Waals surface area contributed by atoms with Gasteiger partial charge in [-0.15, -0.1) is 13.2 Å². The molecule has 0 aliphatic rings. The van der Waals surface area contributed by atoms with Crippen molar-refractivity contribution in [3.8, 4) is 23.0 Å². The Morgan fingerprint density at radius 2 is 1.22 bits per heavy atom. The van der Waals surface area contributed by atoms with Crippen LogP contribution >= 0.6 is 0 Å². The standard InChI is InChI=1S/C20H22O3/c1-5-7-15-13-17(21-3)9-11-19(15)23-20-12-10-18(22-4)14-16(20)8-6-2/h5-6,9-14H,1-2,7-8H2,3-4H3. The van der Waals surface area contributed by atoms with Crippen LogP contribution in [0.25, 0.3) is 0 Å². The second-order valence-electron chi connectivity index (χ2n) is 5.03. The molecule has 120 valence electrons. The van der Waals surface area contributed by atoms with E-state index in [0.29, 0.717) is 12.8 Å². The summed E-state index contributed by atoms with van der Waals surface area (Å²) in [6, 6.07) is 11.5. The Morgan fingerprint density at radius 1 is 0.783 bits per heavy atom. The molecule has 0 saturated heterocycles. The maximum atomic E-state index is 6.14. The second-order valence-corrected chi connectivity index (χ2v) is 5.03. The lowest BCUT2D eigenvalue weighted by molar-refractivity contribution is 0.409. The SMILES string of the molecule is C=CCc1cc(OC)ccc1Oc1ccc(OC)cc1CC=C. The number of hydrogen-bond acceptors (Lipinski definition) is 3. The average molecular weight is 310 g/mol. The van der Waals surface area contributed by atoms with E-state index in [1.54, 1.807) is 14.2 Å². The number of allylic oxidation sites excluding steroid dienone is 2. The molecule has 2 rings (SSSR count). The molecule has 0 unspecified atom stereocenters. The van der Waals surface area contributed by atoms with E-state index in [9.17, 15) is 0 Å². The van der Waals surface area contributed by atoms with E-state index in [-0.39, 0.29) is 0 Å². The molecule has 0 N–H and O–H groups in total. The fourth-order valence-corrected chi connectivity index (χ4v) is 2.31. The minimum Gasteiger partial charge on any atom is -0.497 e. The highest BCUT2D eigenvalue weighted by atomic mass is 16.5. The molecule has 0 saturated carbocycles. The molecular weight excluding hydrogens is 288 g/mol. The highest BCUT2D eigenvalue weighted by Crippen LogP contribution is 2.33. The van der Waals surface area contributed by atoms with Crippen LogP contribution in [0.15, 0.2) is 61.7 Å². The van der Waals surface area contributed by atoms with Crippen molar-refractivity contribution >= 4 is 0 Å². The summed E-state index contributed by atoms with van der Waals surface area (Å²) in [6.07, 6.45) is 5.11. The van der Waals surface area contributed by atoms with Crippen molar-refractivity contribution in [2.45, 2.75) is 12.8 Å². The largest absolute Gasteiger partial charge is 0.497 e. The Kier molecular flexibility index (Phi) is 5.87. The fraction of sp³-hybridized carbons (Fsp3) is 0.200. The van der Waals surface area contributed by atoms with Crippen molar-refractivity contribution in [3.05, 3.63) is 72.8 Å². The lowest BCUT2D eigenvalue weighted by atomic mass is 10.1. The van der Waals surface area contributed by atoms with Gasteiger partial charge in [0, 0.05) is 11.1 Å². The Bertz CT molecular complexity index is 630. The zero-order chi connectivity index (χ0) is 16.7. The predicted octanol–water partition coefficient (Wildman–Crippen LogP) is 4.95. The van der Waals surface area contributed by atoms with Crippen LogP contribution in [0, 0.1) is 0 Å². The fourth-order valence-electron chi connectivity index (χ4n) is 2.31. The van der Waals surface area contributed by atoms with Gasteiger partial charge in [0.2, 0.25) is 0 Å². The van der Waals surface area contributed by atoms with Crippen molar-refractivity contribution in [3.63, 3.8) is 0 Å². The van der Waals surface area contributed by atoms with Crippen LogP contribution in [0.4, 0.5) is 0 Å². The summed E-state index contributed by atoms with van der Waals surface area (Å²) in [7, 11) is 3.30. The van der Waals surface area contributed by atoms with Gasteiger partial charge in [-0.2, -0.15) is 0 Å². The number of benzene rings is 2. The van der Waals surface area contributed by atoms with Crippen LogP contribution in [0.1, 0.15) is 11.1 Å². The van der Waals surface area contributed by atoms with Crippen LogP contribution in [-0.4, -0.2) is 14.2 Å². The monoisotopic (exact) mass is 310 g/mol. The molecule has 0 spiro atoms. The van der Waals surface area contributed by atoms with Crippen LogP contribution in [0.3, 0.4) is 0 Å². The van der Waals surface area contributed by atoms with Crippen molar-refractivity contribution in [1.82, 2.24) is 0 Å². The summed E-state index contributed by atoms with van der Waals surface area (Å²) in [5.41, 5.74) is 2.06. The highest BCUT2D eigenvalue weighted by Gasteiger charge is 2.10. The molecule has 23 heavy (non-hydrogen) atoms. The maximum absolute atomic E-state index is 6.14. The number of ether oxygens (including phenoxy) is 3. The number of rotatable bonds is 8. The molecule has 0 heterocycles. The van der Waals surface area contributed by atoms with E-state index in [1.165, 1.54) is 0 Å². The van der Waals surface area contributed by atoms with Gasteiger partial charge in [-0.05, 0) is 49.2 Å². The van der Waals surface area contributed by atoms with Gasteiger partial charge in [0.15, 0.2) is 0 Å². The molecule has 0 aliphatic carbocycles. The van der Waals surface area contributed by atoms with Gasteiger partial charge >= 0.3 is 0 Å². The van der Waals surface area contributed by atoms with Gasteiger partial charge in [0.25, 0.3) is 0 Å². The normalized spacial score (nSPS) is 10.0. The molecule has 2 aromatic rings. The summed E-state index contributed by atoms with van der Waals surface area (Å²) in [5, 5.41) is 0. The second kappa shape index (κ2) is 8.08. The van der Waals surface area contributed by atoms with E-state index in [4.69, 9.17) is 14.2 Å². The average Bonchev–Trinajstić information content (AvgIpc) is 2.58. The first-order valence-electron chi connectivity index (χ1n) is 7.45. The Hall–Kier alpha value is -2.68. The summed E-state index contributed by atoms with van der Waals surface area (Å²) in [5.74, 6) is 3.19. The molecule has 0 amide bonds.